The molecule has 2 aromatic rings. The average molecular weight is 290 g/mol. The van der Waals surface area contributed by atoms with Crippen LogP contribution in [0.4, 0.5) is 5.13 Å². The van der Waals surface area contributed by atoms with Crippen LogP contribution in [0.15, 0.2) is 29.9 Å². The molecule has 20 heavy (non-hydrogen) atoms. The topological polar surface area (TPSA) is 41.0 Å². The number of nitrogens with one attached hydrogen (secondary N) is 1. The van der Waals surface area contributed by atoms with E-state index in [0.717, 1.165) is 43.3 Å². The first-order valence-corrected chi connectivity index (χ1v) is 7.92. The smallest absolute Gasteiger partial charge is 0.185 e. The van der Waals surface area contributed by atoms with Crippen LogP contribution in [0.2, 0.25) is 0 Å². The zero-order valence-electron chi connectivity index (χ0n) is 12.2. The van der Waals surface area contributed by atoms with E-state index in [0.29, 0.717) is 0 Å². The Labute approximate surface area is 124 Å². The molecule has 2 aromatic heterocycles. The maximum atomic E-state index is 4.66. The summed E-state index contributed by atoms with van der Waals surface area (Å²) in [5.41, 5.74) is 2.45. The fourth-order valence-electron chi connectivity index (χ4n) is 1.89. The molecule has 0 aliphatic carbocycles. The maximum Gasteiger partial charge on any atom is 0.185 e. The van der Waals surface area contributed by atoms with Gasteiger partial charge in [0.25, 0.3) is 0 Å². The summed E-state index contributed by atoms with van der Waals surface area (Å²) in [5.74, 6) is 0. The molecule has 0 saturated heterocycles. The number of hydrogen-bond donors (Lipinski definition) is 1. The highest BCUT2D eigenvalue weighted by molar-refractivity contribution is 7.13. The summed E-state index contributed by atoms with van der Waals surface area (Å²) in [4.78, 5) is 10.9. The molecule has 0 atom stereocenters. The van der Waals surface area contributed by atoms with E-state index in [9.17, 15) is 0 Å². The van der Waals surface area contributed by atoms with Crippen molar-refractivity contribution < 1.29 is 0 Å². The van der Waals surface area contributed by atoms with Crippen LogP contribution in [-0.4, -0.2) is 30.1 Å². The van der Waals surface area contributed by atoms with Crippen molar-refractivity contribution in [3.63, 3.8) is 0 Å². The average Bonchev–Trinajstić information content (AvgIpc) is 2.95. The number of thiazole rings is 1. The van der Waals surface area contributed by atoms with Crippen LogP contribution in [-0.2, 0) is 13.0 Å². The summed E-state index contributed by atoms with van der Waals surface area (Å²) >= 11 is 1.71. The molecule has 2 rings (SSSR count). The van der Waals surface area contributed by atoms with Gasteiger partial charge >= 0.3 is 0 Å². The van der Waals surface area contributed by atoms with E-state index < -0.39 is 0 Å². The van der Waals surface area contributed by atoms with Crippen molar-refractivity contribution in [2.75, 3.05) is 25.0 Å². The van der Waals surface area contributed by atoms with Crippen LogP contribution >= 0.6 is 11.3 Å². The lowest BCUT2D eigenvalue weighted by atomic mass is 10.2. The van der Waals surface area contributed by atoms with Gasteiger partial charge in [-0.05, 0) is 37.1 Å². The van der Waals surface area contributed by atoms with Gasteiger partial charge < -0.3 is 10.2 Å². The van der Waals surface area contributed by atoms with Gasteiger partial charge in [-0.2, -0.15) is 0 Å². The molecule has 2 heterocycles. The summed E-state index contributed by atoms with van der Waals surface area (Å²) in [6.45, 7) is 5.05. The molecule has 0 spiro atoms. The molecule has 1 N–H and O–H groups in total. The van der Waals surface area contributed by atoms with Crippen molar-refractivity contribution in [3.8, 4) is 0 Å². The second kappa shape index (κ2) is 7.97. The minimum Gasteiger partial charge on any atom is -0.351 e. The molecule has 0 aromatic carbocycles. The summed E-state index contributed by atoms with van der Waals surface area (Å²) in [6, 6.07) is 4.13. The predicted octanol–water partition coefficient (Wildman–Crippen LogP) is 2.72. The molecule has 4 nitrogen and oxygen atoms in total. The third-order valence-electron chi connectivity index (χ3n) is 3.08. The normalized spacial score (nSPS) is 10.7. The zero-order valence-corrected chi connectivity index (χ0v) is 13.0. The van der Waals surface area contributed by atoms with Gasteiger partial charge in [0.15, 0.2) is 5.13 Å². The van der Waals surface area contributed by atoms with Gasteiger partial charge in [-0.25, -0.2) is 4.98 Å². The van der Waals surface area contributed by atoms with Crippen LogP contribution in [0.5, 0.6) is 0 Å². The van der Waals surface area contributed by atoms with Gasteiger partial charge in [-0.1, -0.05) is 6.92 Å². The van der Waals surface area contributed by atoms with Crippen molar-refractivity contribution >= 4 is 16.5 Å². The van der Waals surface area contributed by atoms with Crippen LogP contribution in [0, 0.1) is 0 Å². The lowest BCUT2D eigenvalue weighted by molar-refractivity contribution is 0.666. The van der Waals surface area contributed by atoms with E-state index in [-0.39, 0.29) is 0 Å². The highest BCUT2D eigenvalue weighted by atomic mass is 32.1. The van der Waals surface area contributed by atoms with Crippen LogP contribution in [0.3, 0.4) is 0 Å². The van der Waals surface area contributed by atoms with Gasteiger partial charge in [-0.15, -0.1) is 11.3 Å². The first-order valence-electron chi connectivity index (χ1n) is 7.04. The van der Waals surface area contributed by atoms with Gasteiger partial charge in [0.2, 0.25) is 0 Å². The molecule has 0 fully saturated rings. The molecule has 0 bridgehead atoms. The number of rotatable bonds is 8. The Balaban J connectivity index is 1.81. The molecule has 0 aliphatic heterocycles. The Hall–Kier alpha value is -1.46. The minimum atomic E-state index is 0.864. The van der Waals surface area contributed by atoms with Gasteiger partial charge in [0.1, 0.15) is 0 Å². The standard InChI is InChI=1S/C15H22N4S/c1-3-7-17-11-14-12-20-15(18-14)19(2)10-6-13-4-8-16-9-5-13/h4-5,8-9,12,17H,3,6-7,10-11H2,1-2H3. The Morgan fingerprint density at radius 2 is 2.10 bits per heavy atom. The first-order chi connectivity index (χ1) is 9.79. The highest BCUT2D eigenvalue weighted by Gasteiger charge is 2.07. The Morgan fingerprint density at radius 3 is 2.85 bits per heavy atom. The van der Waals surface area contributed by atoms with E-state index in [1.165, 1.54) is 5.56 Å². The molecular weight excluding hydrogens is 268 g/mol. The first kappa shape index (κ1) is 14.9. The van der Waals surface area contributed by atoms with E-state index in [2.05, 4.69) is 51.7 Å². The summed E-state index contributed by atoms with van der Waals surface area (Å²) in [6.07, 6.45) is 5.86. The van der Waals surface area contributed by atoms with Gasteiger partial charge in [0, 0.05) is 37.9 Å². The molecule has 0 saturated carbocycles. The van der Waals surface area contributed by atoms with Crippen molar-refractivity contribution in [2.24, 2.45) is 0 Å². The second-order valence-corrected chi connectivity index (χ2v) is 5.66. The maximum absolute atomic E-state index is 4.66. The number of aromatic nitrogens is 2. The third-order valence-corrected chi connectivity index (χ3v) is 4.09. The molecule has 0 unspecified atom stereocenters. The molecule has 0 amide bonds. The number of pyridine rings is 1. The second-order valence-electron chi connectivity index (χ2n) is 4.83. The van der Waals surface area contributed by atoms with Gasteiger partial charge in [-0.3, -0.25) is 4.98 Å². The molecule has 0 aliphatic rings. The zero-order chi connectivity index (χ0) is 14.2. The number of nitrogens with zero attached hydrogens (tertiary/aromatic N) is 3. The van der Waals surface area contributed by atoms with E-state index in [4.69, 9.17) is 0 Å². The molecular formula is C15H22N4S. The Bertz CT molecular complexity index is 498. The fraction of sp³-hybridized carbons (Fsp3) is 0.467. The minimum absolute atomic E-state index is 0.864. The summed E-state index contributed by atoms with van der Waals surface area (Å²) < 4.78 is 0. The molecule has 5 heteroatoms. The van der Waals surface area contributed by atoms with Crippen LogP contribution < -0.4 is 10.2 Å². The van der Waals surface area contributed by atoms with Crippen molar-refractivity contribution in [3.05, 3.63) is 41.2 Å². The summed E-state index contributed by atoms with van der Waals surface area (Å²) in [5, 5.41) is 6.61. The number of likely N-dealkylation sites (N-methyl/N-ethyl adjacent to an activating group) is 1. The fourth-order valence-corrected chi connectivity index (χ4v) is 2.71. The van der Waals surface area contributed by atoms with Gasteiger partial charge in [0.05, 0.1) is 5.69 Å². The van der Waals surface area contributed by atoms with Crippen LogP contribution in [0.25, 0.3) is 0 Å². The quantitative estimate of drug-likeness (QED) is 0.759. The lowest BCUT2D eigenvalue weighted by Gasteiger charge is -2.15. The lowest BCUT2D eigenvalue weighted by Crippen LogP contribution is -2.20. The van der Waals surface area contributed by atoms with Crippen molar-refractivity contribution in [1.29, 1.82) is 0 Å². The number of hydrogen-bond acceptors (Lipinski definition) is 5. The van der Waals surface area contributed by atoms with E-state index in [1.54, 1.807) is 11.3 Å². The predicted molar refractivity (Wildman–Crippen MR) is 85.3 cm³/mol. The van der Waals surface area contributed by atoms with E-state index >= 15 is 0 Å². The van der Waals surface area contributed by atoms with Crippen molar-refractivity contribution in [2.45, 2.75) is 26.3 Å². The Morgan fingerprint density at radius 1 is 1.30 bits per heavy atom. The number of anilines is 1. The SMILES string of the molecule is CCCNCc1csc(N(C)CCc2ccncc2)n1. The highest BCUT2D eigenvalue weighted by Crippen LogP contribution is 2.19. The Kier molecular flexibility index (Phi) is 5.95. The molecule has 0 radical (unpaired) electrons. The largest absolute Gasteiger partial charge is 0.351 e. The molecule has 108 valence electrons. The monoisotopic (exact) mass is 290 g/mol. The van der Waals surface area contributed by atoms with Crippen LogP contribution in [0.1, 0.15) is 24.6 Å². The third kappa shape index (κ3) is 4.58. The van der Waals surface area contributed by atoms with Crippen molar-refractivity contribution in [1.82, 2.24) is 15.3 Å². The van der Waals surface area contributed by atoms with E-state index in [1.807, 2.05) is 12.4 Å². The summed E-state index contributed by atoms with van der Waals surface area (Å²) in [7, 11) is 2.10.